The molecule has 4 rings (SSSR count). The van der Waals surface area contributed by atoms with E-state index >= 15 is 0 Å². The van der Waals surface area contributed by atoms with E-state index in [-0.39, 0.29) is 11.1 Å². The monoisotopic (exact) mass is 503 g/mol. The Kier molecular flexibility index (Phi) is 7.12. The van der Waals surface area contributed by atoms with Crippen LogP contribution in [0.3, 0.4) is 0 Å². The lowest BCUT2D eigenvalue weighted by molar-refractivity contribution is -0.122. The van der Waals surface area contributed by atoms with Crippen LogP contribution in [0.1, 0.15) is 52.2 Å². The average molecular weight is 504 g/mol. The molecule has 0 atom stereocenters. The van der Waals surface area contributed by atoms with Crippen LogP contribution in [-0.2, 0) is 9.59 Å². The Morgan fingerprint density at radius 3 is 2.51 bits per heavy atom. The summed E-state index contributed by atoms with van der Waals surface area (Å²) >= 11 is 0. The summed E-state index contributed by atoms with van der Waals surface area (Å²) in [6, 6.07) is 9.70. The number of benzene rings is 2. The molecule has 194 valence electrons. The maximum atomic E-state index is 13.5. The maximum absolute atomic E-state index is 13.5. The molecular weight excluding hydrogens is 470 g/mol. The Bertz CT molecular complexity index is 1320. The van der Waals surface area contributed by atoms with Gasteiger partial charge in [0.25, 0.3) is 11.8 Å². The molecule has 2 aliphatic rings. The number of hydrogen-bond donors (Lipinski definition) is 1. The Labute approximate surface area is 217 Å². The number of carbonyl (C=O) groups excluding carboxylic acids is 3. The number of imide groups is 2. The molecule has 1 N–H and O–H groups in total. The number of fused-ring (bicyclic) bond motifs is 1. The number of barbiturate groups is 1. The molecule has 0 radical (unpaired) electrons. The van der Waals surface area contributed by atoms with Crippen molar-refractivity contribution in [2.45, 2.75) is 46.6 Å². The molecule has 0 aromatic heterocycles. The van der Waals surface area contributed by atoms with Gasteiger partial charge in [0.1, 0.15) is 17.1 Å². The van der Waals surface area contributed by atoms with Gasteiger partial charge in [0.05, 0.1) is 24.9 Å². The number of ether oxygens (including phenoxy) is 2. The van der Waals surface area contributed by atoms with Gasteiger partial charge in [0.2, 0.25) is 0 Å². The highest BCUT2D eigenvalue weighted by atomic mass is 16.5. The zero-order valence-corrected chi connectivity index (χ0v) is 22.2. The second-order valence-corrected chi connectivity index (χ2v) is 9.63. The molecule has 0 bridgehead atoms. The lowest BCUT2D eigenvalue weighted by Gasteiger charge is -2.43. The molecular formula is C29H33N3O5. The lowest BCUT2D eigenvalue weighted by Crippen LogP contribution is -2.54. The van der Waals surface area contributed by atoms with Gasteiger partial charge in [-0.3, -0.25) is 14.9 Å². The van der Waals surface area contributed by atoms with Crippen LogP contribution in [-0.4, -0.2) is 43.6 Å². The lowest BCUT2D eigenvalue weighted by atomic mass is 9.87. The number of nitrogens with one attached hydrogen (secondary N) is 1. The van der Waals surface area contributed by atoms with E-state index < -0.39 is 17.8 Å². The highest BCUT2D eigenvalue weighted by Gasteiger charge is 2.38. The molecule has 0 saturated carbocycles. The molecule has 8 heteroatoms. The first kappa shape index (κ1) is 26.0. The second-order valence-electron chi connectivity index (χ2n) is 9.63. The van der Waals surface area contributed by atoms with Gasteiger partial charge in [-0.15, -0.1) is 0 Å². The van der Waals surface area contributed by atoms with Gasteiger partial charge in [-0.2, -0.15) is 0 Å². The number of rotatable bonds is 7. The topological polar surface area (TPSA) is 88.2 Å². The molecule has 4 amide bonds. The summed E-state index contributed by atoms with van der Waals surface area (Å²) in [6.45, 7) is 11.7. The summed E-state index contributed by atoms with van der Waals surface area (Å²) in [4.78, 5) is 42.2. The van der Waals surface area contributed by atoms with E-state index in [0.717, 1.165) is 34.7 Å². The number of allylic oxidation sites excluding steroid dienone is 1. The Hall–Kier alpha value is -4.07. The van der Waals surface area contributed by atoms with Crippen molar-refractivity contribution in [3.63, 3.8) is 0 Å². The van der Waals surface area contributed by atoms with Gasteiger partial charge in [0, 0.05) is 35.5 Å². The van der Waals surface area contributed by atoms with Crippen LogP contribution in [0.25, 0.3) is 11.6 Å². The number of amides is 4. The molecule has 0 spiro atoms. The van der Waals surface area contributed by atoms with Gasteiger partial charge in [0.15, 0.2) is 0 Å². The van der Waals surface area contributed by atoms with Gasteiger partial charge < -0.3 is 14.4 Å². The van der Waals surface area contributed by atoms with Crippen LogP contribution >= 0.6 is 0 Å². The molecule has 37 heavy (non-hydrogen) atoms. The second kappa shape index (κ2) is 10.1. The number of nitrogens with zero attached hydrogens (tertiary/aromatic N) is 2. The molecule has 8 nitrogen and oxygen atoms in total. The van der Waals surface area contributed by atoms with E-state index in [1.165, 1.54) is 6.08 Å². The normalized spacial score (nSPS) is 17.9. The SMILES string of the molecule is CCCN1c2cc(OC)c(/C=C3/C(=O)NC(=O)N(c4cccc(OCC)c4)C3=O)cc2C(C)=CC1(C)C. The smallest absolute Gasteiger partial charge is 0.335 e. The Morgan fingerprint density at radius 2 is 1.84 bits per heavy atom. The van der Waals surface area contributed by atoms with Crippen LogP contribution in [0.4, 0.5) is 16.2 Å². The molecule has 0 aliphatic carbocycles. The van der Waals surface area contributed by atoms with E-state index in [2.05, 4.69) is 44.0 Å². The number of methoxy groups -OCH3 is 1. The maximum Gasteiger partial charge on any atom is 0.335 e. The first-order chi connectivity index (χ1) is 17.6. The summed E-state index contributed by atoms with van der Waals surface area (Å²) in [5.41, 5.74) is 3.67. The summed E-state index contributed by atoms with van der Waals surface area (Å²) < 4.78 is 11.2. The van der Waals surface area contributed by atoms with Crippen molar-refractivity contribution in [1.82, 2.24) is 5.32 Å². The summed E-state index contributed by atoms with van der Waals surface area (Å²) in [5, 5.41) is 2.28. The summed E-state index contributed by atoms with van der Waals surface area (Å²) in [7, 11) is 1.56. The molecule has 0 unspecified atom stereocenters. The highest BCUT2D eigenvalue weighted by Crippen LogP contribution is 2.43. The van der Waals surface area contributed by atoms with Crippen molar-refractivity contribution in [3.05, 3.63) is 59.2 Å². The Morgan fingerprint density at radius 1 is 1.08 bits per heavy atom. The van der Waals surface area contributed by atoms with Crippen LogP contribution in [0, 0.1) is 0 Å². The van der Waals surface area contributed by atoms with Crippen LogP contribution in [0.2, 0.25) is 0 Å². The van der Waals surface area contributed by atoms with E-state index in [4.69, 9.17) is 9.47 Å². The molecule has 1 fully saturated rings. The predicted molar refractivity (Wildman–Crippen MR) is 145 cm³/mol. The minimum Gasteiger partial charge on any atom is -0.496 e. The minimum atomic E-state index is -0.811. The third-order valence-electron chi connectivity index (χ3n) is 6.56. The van der Waals surface area contributed by atoms with E-state index in [1.54, 1.807) is 31.4 Å². The van der Waals surface area contributed by atoms with Crippen LogP contribution in [0.5, 0.6) is 11.5 Å². The fourth-order valence-electron chi connectivity index (χ4n) is 4.97. The van der Waals surface area contributed by atoms with Crippen LogP contribution in [0.15, 0.2) is 48.0 Å². The third kappa shape index (κ3) is 4.83. The fraction of sp³-hybridized carbons (Fsp3) is 0.345. The number of urea groups is 1. The van der Waals surface area contributed by atoms with E-state index in [9.17, 15) is 14.4 Å². The first-order valence-corrected chi connectivity index (χ1v) is 12.4. The summed E-state index contributed by atoms with van der Waals surface area (Å²) in [5.74, 6) is -0.433. The molecule has 1 saturated heterocycles. The molecule has 2 aromatic carbocycles. The number of hydrogen-bond acceptors (Lipinski definition) is 6. The minimum absolute atomic E-state index is 0.164. The Balaban J connectivity index is 1.80. The van der Waals surface area contributed by atoms with E-state index in [1.807, 2.05) is 19.1 Å². The predicted octanol–water partition coefficient (Wildman–Crippen LogP) is 5.17. The van der Waals surface area contributed by atoms with Crippen molar-refractivity contribution in [2.75, 3.05) is 30.1 Å². The summed E-state index contributed by atoms with van der Waals surface area (Å²) in [6.07, 6.45) is 4.69. The molecule has 2 aromatic rings. The van der Waals surface area contributed by atoms with Crippen molar-refractivity contribution in [2.24, 2.45) is 0 Å². The van der Waals surface area contributed by atoms with Crippen LogP contribution < -0.4 is 24.6 Å². The van der Waals surface area contributed by atoms with Crippen molar-refractivity contribution in [3.8, 4) is 11.5 Å². The number of anilines is 2. The van der Waals surface area contributed by atoms with Gasteiger partial charge in [-0.05, 0) is 64.0 Å². The molecule has 2 heterocycles. The van der Waals surface area contributed by atoms with Gasteiger partial charge in [-0.25, -0.2) is 9.69 Å². The molecule has 2 aliphatic heterocycles. The highest BCUT2D eigenvalue weighted by molar-refractivity contribution is 6.39. The largest absolute Gasteiger partial charge is 0.496 e. The zero-order chi connectivity index (χ0) is 26.9. The van der Waals surface area contributed by atoms with Gasteiger partial charge >= 0.3 is 6.03 Å². The number of carbonyl (C=O) groups is 3. The van der Waals surface area contributed by atoms with E-state index in [0.29, 0.717) is 29.4 Å². The third-order valence-corrected chi connectivity index (χ3v) is 6.56. The van der Waals surface area contributed by atoms with Crippen molar-refractivity contribution >= 4 is 40.9 Å². The fourth-order valence-corrected chi connectivity index (χ4v) is 4.97. The standard InChI is InChI=1S/C29H33N3O5/c1-7-12-31-24-16-25(36-6)19(13-22(24)18(3)17-29(31,4)5)14-23-26(33)30-28(35)32(27(23)34)20-10-9-11-21(15-20)37-8-2/h9-11,13-17H,7-8,12H2,1-6H3,(H,30,33,35)/b23-14-. The van der Waals surface area contributed by atoms with Crippen molar-refractivity contribution in [1.29, 1.82) is 0 Å². The van der Waals surface area contributed by atoms with Crippen molar-refractivity contribution < 1.29 is 23.9 Å². The first-order valence-electron chi connectivity index (χ1n) is 12.4. The zero-order valence-electron chi connectivity index (χ0n) is 22.2. The average Bonchev–Trinajstić information content (AvgIpc) is 2.84. The van der Waals surface area contributed by atoms with Gasteiger partial charge in [-0.1, -0.05) is 19.1 Å². The quantitative estimate of drug-likeness (QED) is 0.414.